The number of hydrogen-bond donors (Lipinski definition) is 1. The summed E-state index contributed by atoms with van der Waals surface area (Å²) in [4.78, 5) is 13.4. The monoisotopic (exact) mass is 275 g/mol. The van der Waals surface area contributed by atoms with Crippen LogP contribution in [0.1, 0.15) is 45.1 Å². The molecule has 3 heteroatoms. The van der Waals surface area contributed by atoms with Gasteiger partial charge in [0.05, 0.1) is 0 Å². The van der Waals surface area contributed by atoms with Gasteiger partial charge in [0.2, 0.25) is 0 Å². The van der Waals surface area contributed by atoms with E-state index in [-0.39, 0.29) is 6.04 Å². The Hall–Kier alpha value is -1.51. The third kappa shape index (κ3) is 3.14. The first-order chi connectivity index (χ1) is 9.50. The molecule has 0 spiro atoms. The second-order valence-corrected chi connectivity index (χ2v) is 6.25. The molecule has 3 nitrogen and oxygen atoms in total. The molecule has 1 saturated carbocycles. The van der Waals surface area contributed by atoms with Crippen molar-refractivity contribution in [1.29, 1.82) is 0 Å². The molecule has 0 radical (unpaired) electrons. The summed E-state index contributed by atoms with van der Waals surface area (Å²) in [7, 11) is 0. The molecule has 1 amide bonds. The smallest absolute Gasteiger partial charge is 0.412 e. The Kier molecular flexibility index (Phi) is 4.69. The molecule has 110 valence electrons. The number of carboxylic acid groups (broad SMARTS) is 1. The second-order valence-electron chi connectivity index (χ2n) is 6.25. The summed E-state index contributed by atoms with van der Waals surface area (Å²) in [6.07, 6.45) is 3.64. The summed E-state index contributed by atoms with van der Waals surface area (Å²) >= 11 is 0. The van der Waals surface area contributed by atoms with Crippen molar-refractivity contribution in [1.82, 2.24) is 0 Å². The SMILES string of the molecule is Cc1ccc(N(C(=O)O)[C@H]2CCCC[C@H]2C(C)C)cc1. The van der Waals surface area contributed by atoms with Crippen LogP contribution in [0, 0.1) is 18.8 Å². The molecular formula is C17H25NO2. The van der Waals surface area contributed by atoms with E-state index in [1.165, 1.54) is 6.42 Å². The molecule has 0 bridgehead atoms. The molecular weight excluding hydrogens is 250 g/mol. The van der Waals surface area contributed by atoms with Crippen molar-refractivity contribution in [2.24, 2.45) is 11.8 Å². The third-order valence-electron chi connectivity index (χ3n) is 4.49. The van der Waals surface area contributed by atoms with Crippen molar-refractivity contribution in [3.8, 4) is 0 Å². The summed E-state index contributed by atoms with van der Waals surface area (Å²) in [5, 5.41) is 9.67. The van der Waals surface area contributed by atoms with Crippen LogP contribution in [0.25, 0.3) is 0 Å². The first-order valence-corrected chi connectivity index (χ1v) is 7.59. The Morgan fingerprint density at radius 1 is 1.20 bits per heavy atom. The van der Waals surface area contributed by atoms with Gasteiger partial charge in [0, 0.05) is 11.7 Å². The van der Waals surface area contributed by atoms with Crippen molar-refractivity contribution in [3.05, 3.63) is 29.8 Å². The number of nitrogens with zero attached hydrogens (tertiary/aromatic N) is 1. The third-order valence-corrected chi connectivity index (χ3v) is 4.49. The number of amides is 1. The summed E-state index contributed by atoms with van der Waals surface area (Å²) in [6.45, 7) is 6.43. The van der Waals surface area contributed by atoms with Crippen LogP contribution in [-0.2, 0) is 0 Å². The lowest BCUT2D eigenvalue weighted by molar-refractivity contribution is 0.180. The Bertz CT molecular complexity index is 453. The Labute approximate surface area is 121 Å². The summed E-state index contributed by atoms with van der Waals surface area (Å²) in [6, 6.07) is 7.94. The first-order valence-electron chi connectivity index (χ1n) is 7.59. The zero-order chi connectivity index (χ0) is 14.7. The van der Waals surface area contributed by atoms with Crippen LogP contribution < -0.4 is 4.90 Å². The van der Waals surface area contributed by atoms with Crippen molar-refractivity contribution in [3.63, 3.8) is 0 Å². The van der Waals surface area contributed by atoms with E-state index in [1.807, 2.05) is 31.2 Å². The van der Waals surface area contributed by atoms with E-state index in [1.54, 1.807) is 4.90 Å². The first kappa shape index (κ1) is 14.9. The fourth-order valence-corrected chi connectivity index (χ4v) is 3.39. The largest absolute Gasteiger partial charge is 0.465 e. The highest BCUT2D eigenvalue weighted by Crippen LogP contribution is 2.36. The molecule has 20 heavy (non-hydrogen) atoms. The van der Waals surface area contributed by atoms with E-state index in [4.69, 9.17) is 0 Å². The van der Waals surface area contributed by atoms with Gasteiger partial charge in [-0.2, -0.15) is 0 Å². The second kappa shape index (κ2) is 6.29. The minimum atomic E-state index is -0.827. The van der Waals surface area contributed by atoms with E-state index in [2.05, 4.69) is 13.8 Å². The Morgan fingerprint density at radius 3 is 2.35 bits per heavy atom. The molecule has 2 atom stereocenters. The van der Waals surface area contributed by atoms with E-state index in [0.717, 1.165) is 30.5 Å². The number of rotatable bonds is 3. The summed E-state index contributed by atoms with van der Waals surface area (Å²) in [5.74, 6) is 0.980. The van der Waals surface area contributed by atoms with Crippen LogP contribution in [-0.4, -0.2) is 17.2 Å². The summed E-state index contributed by atoms with van der Waals surface area (Å²) in [5.41, 5.74) is 1.96. The van der Waals surface area contributed by atoms with Gasteiger partial charge >= 0.3 is 6.09 Å². The lowest BCUT2D eigenvalue weighted by atomic mass is 9.77. The average Bonchev–Trinajstić information content (AvgIpc) is 2.41. The predicted molar refractivity (Wildman–Crippen MR) is 82.3 cm³/mol. The standard InChI is InChI=1S/C17H25NO2/c1-12(2)15-6-4-5-7-16(15)18(17(19)20)14-10-8-13(3)9-11-14/h8-12,15-16H,4-7H2,1-3H3,(H,19,20)/t15-,16-/m0/s1. The van der Waals surface area contributed by atoms with Gasteiger partial charge in [0.15, 0.2) is 0 Å². The molecule has 0 unspecified atom stereocenters. The normalized spacial score (nSPS) is 22.8. The molecule has 2 rings (SSSR count). The molecule has 0 aliphatic heterocycles. The highest BCUT2D eigenvalue weighted by atomic mass is 16.4. The van der Waals surface area contributed by atoms with Crippen LogP contribution in [0.3, 0.4) is 0 Å². The minimum absolute atomic E-state index is 0.115. The Morgan fingerprint density at radius 2 is 1.80 bits per heavy atom. The predicted octanol–water partition coefficient (Wildman–Crippen LogP) is 4.69. The topological polar surface area (TPSA) is 40.5 Å². The fourth-order valence-electron chi connectivity index (χ4n) is 3.39. The number of carbonyl (C=O) groups is 1. The van der Waals surface area contributed by atoms with Crippen LogP contribution in [0.15, 0.2) is 24.3 Å². The maximum absolute atomic E-state index is 11.8. The van der Waals surface area contributed by atoms with Gasteiger partial charge in [-0.1, -0.05) is 44.4 Å². The number of anilines is 1. The lowest BCUT2D eigenvalue weighted by Gasteiger charge is -2.40. The maximum atomic E-state index is 11.8. The molecule has 0 saturated heterocycles. The van der Waals surface area contributed by atoms with Gasteiger partial charge < -0.3 is 5.11 Å². The minimum Gasteiger partial charge on any atom is -0.465 e. The molecule has 0 heterocycles. The quantitative estimate of drug-likeness (QED) is 0.869. The Balaban J connectivity index is 2.31. The van der Waals surface area contributed by atoms with Crippen LogP contribution in [0.5, 0.6) is 0 Å². The van der Waals surface area contributed by atoms with E-state index in [9.17, 15) is 9.90 Å². The van der Waals surface area contributed by atoms with Crippen molar-refractivity contribution >= 4 is 11.8 Å². The molecule has 1 aliphatic rings. The highest BCUT2D eigenvalue weighted by Gasteiger charge is 2.35. The van der Waals surface area contributed by atoms with Crippen LogP contribution in [0.2, 0.25) is 0 Å². The zero-order valence-electron chi connectivity index (χ0n) is 12.7. The van der Waals surface area contributed by atoms with Crippen LogP contribution in [0.4, 0.5) is 10.5 Å². The van der Waals surface area contributed by atoms with Gasteiger partial charge in [0.1, 0.15) is 0 Å². The highest BCUT2D eigenvalue weighted by molar-refractivity contribution is 5.86. The average molecular weight is 275 g/mol. The molecule has 1 aromatic rings. The van der Waals surface area contributed by atoms with Crippen molar-refractivity contribution in [2.45, 2.75) is 52.5 Å². The number of hydrogen-bond acceptors (Lipinski definition) is 1. The molecule has 1 aliphatic carbocycles. The van der Waals surface area contributed by atoms with E-state index >= 15 is 0 Å². The molecule has 1 N–H and O–H groups in total. The van der Waals surface area contributed by atoms with Crippen molar-refractivity contribution < 1.29 is 9.90 Å². The van der Waals surface area contributed by atoms with Gasteiger partial charge in [-0.05, 0) is 43.7 Å². The van der Waals surface area contributed by atoms with E-state index < -0.39 is 6.09 Å². The maximum Gasteiger partial charge on any atom is 0.412 e. The van der Waals surface area contributed by atoms with Gasteiger partial charge in [0.25, 0.3) is 0 Å². The molecule has 0 aromatic heterocycles. The fraction of sp³-hybridized carbons (Fsp3) is 0.588. The lowest BCUT2D eigenvalue weighted by Crippen LogP contribution is -2.47. The van der Waals surface area contributed by atoms with E-state index in [0.29, 0.717) is 11.8 Å². The summed E-state index contributed by atoms with van der Waals surface area (Å²) < 4.78 is 0. The van der Waals surface area contributed by atoms with Gasteiger partial charge in [-0.25, -0.2) is 4.79 Å². The van der Waals surface area contributed by atoms with Gasteiger partial charge in [-0.15, -0.1) is 0 Å². The molecule has 1 aromatic carbocycles. The number of benzene rings is 1. The van der Waals surface area contributed by atoms with Gasteiger partial charge in [-0.3, -0.25) is 4.90 Å². The zero-order valence-corrected chi connectivity index (χ0v) is 12.7. The molecule has 1 fully saturated rings. The van der Waals surface area contributed by atoms with Crippen LogP contribution >= 0.6 is 0 Å². The van der Waals surface area contributed by atoms with Crippen molar-refractivity contribution in [2.75, 3.05) is 4.90 Å². The number of aryl methyl sites for hydroxylation is 1.